The molecule has 1 aliphatic rings. The van der Waals surface area contributed by atoms with Crippen LogP contribution in [0.5, 0.6) is 0 Å². The van der Waals surface area contributed by atoms with Crippen molar-refractivity contribution in [2.75, 3.05) is 5.32 Å². The largest absolute Gasteiger partial charge is 0.382 e. The molecule has 2 aromatic carbocycles. The Kier molecular flexibility index (Phi) is 3.97. The van der Waals surface area contributed by atoms with Crippen molar-refractivity contribution in [2.24, 2.45) is 0 Å². The molecule has 0 aliphatic heterocycles. The number of para-hydroxylation sites is 1. The quantitative estimate of drug-likeness (QED) is 0.703. The smallest absolute Gasteiger partial charge is 0.0722 e. The van der Waals surface area contributed by atoms with Gasteiger partial charge in [0.25, 0.3) is 0 Å². The van der Waals surface area contributed by atoms with Gasteiger partial charge in [-0.15, -0.1) is 0 Å². The Morgan fingerprint density at radius 2 is 1.52 bits per heavy atom. The van der Waals surface area contributed by atoms with Gasteiger partial charge >= 0.3 is 0 Å². The molecule has 0 bridgehead atoms. The summed E-state index contributed by atoms with van der Waals surface area (Å²) >= 11 is 0. The molecule has 4 rings (SSSR count). The second kappa shape index (κ2) is 6.41. The van der Waals surface area contributed by atoms with Gasteiger partial charge < -0.3 is 5.32 Å². The van der Waals surface area contributed by atoms with Crippen LogP contribution in [0.2, 0.25) is 0 Å². The first-order valence-corrected chi connectivity index (χ1v) is 8.55. The van der Waals surface area contributed by atoms with Crippen LogP contribution in [0.4, 0.5) is 5.69 Å². The summed E-state index contributed by atoms with van der Waals surface area (Å²) in [7, 11) is 0. The van der Waals surface area contributed by atoms with E-state index in [0.29, 0.717) is 6.04 Å². The molecule has 0 radical (unpaired) electrons. The Bertz CT molecular complexity index is 769. The van der Waals surface area contributed by atoms with E-state index in [2.05, 4.69) is 64.9 Å². The zero-order chi connectivity index (χ0) is 15.5. The Balaban J connectivity index is 1.45. The van der Waals surface area contributed by atoms with Crippen molar-refractivity contribution in [1.82, 2.24) is 4.98 Å². The zero-order valence-electron chi connectivity index (χ0n) is 13.3. The van der Waals surface area contributed by atoms with E-state index in [4.69, 9.17) is 0 Å². The van der Waals surface area contributed by atoms with Gasteiger partial charge in [-0.05, 0) is 49.3 Å². The van der Waals surface area contributed by atoms with E-state index in [-0.39, 0.29) is 0 Å². The Morgan fingerprint density at radius 1 is 0.783 bits per heavy atom. The summed E-state index contributed by atoms with van der Waals surface area (Å²) in [5.41, 5.74) is 3.79. The number of nitrogens with one attached hydrogen (secondary N) is 1. The summed E-state index contributed by atoms with van der Waals surface area (Å²) in [4.78, 5) is 4.45. The molecule has 1 aliphatic carbocycles. The maximum absolute atomic E-state index is 4.45. The number of fused-ring (bicyclic) bond motifs is 1. The standard InChI is InChI=1S/C21H22N2/c1-2-6-16(7-3-1)17-10-12-18(13-11-17)23-21-14-15-22-20-9-5-4-8-19(20)21/h1-9,14-15,17-18H,10-13H2,(H,22,23). The summed E-state index contributed by atoms with van der Waals surface area (Å²) in [6, 6.07) is 22.0. The van der Waals surface area contributed by atoms with Crippen LogP contribution in [0.15, 0.2) is 66.9 Å². The second-order valence-corrected chi connectivity index (χ2v) is 6.48. The Morgan fingerprint density at radius 3 is 2.35 bits per heavy atom. The molecule has 2 heteroatoms. The molecule has 23 heavy (non-hydrogen) atoms. The van der Waals surface area contributed by atoms with Crippen molar-refractivity contribution >= 4 is 16.6 Å². The van der Waals surface area contributed by atoms with Crippen molar-refractivity contribution < 1.29 is 0 Å². The molecule has 0 saturated heterocycles. The normalized spacial score (nSPS) is 21.2. The van der Waals surface area contributed by atoms with E-state index >= 15 is 0 Å². The van der Waals surface area contributed by atoms with Gasteiger partial charge in [-0.1, -0.05) is 48.5 Å². The molecule has 1 heterocycles. The topological polar surface area (TPSA) is 24.9 Å². The third-order valence-corrected chi connectivity index (χ3v) is 5.01. The predicted octanol–water partition coefficient (Wildman–Crippen LogP) is 5.37. The molecule has 1 fully saturated rings. The molecule has 116 valence electrons. The molecular weight excluding hydrogens is 280 g/mol. The first kappa shape index (κ1) is 14.3. The highest BCUT2D eigenvalue weighted by atomic mass is 14.9. The molecule has 3 aromatic rings. The van der Waals surface area contributed by atoms with E-state index in [1.165, 1.54) is 42.3 Å². The fourth-order valence-corrected chi connectivity index (χ4v) is 3.74. The number of anilines is 1. The lowest BCUT2D eigenvalue weighted by Crippen LogP contribution is -2.25. The monoisotopic (exact) mass is 302 g/mol. The van der Waals surface area contributed by atoms with Crippen LogP contribution in [0.3, 0.4) is 0 Å². The summed E-state index contributed by atoms with van der Waals surface area (Å²) in [5, 5.41) is 4.98. The number of aromatic nitrogens is 1. The third-order valence-electron chi connectivity index (χ3n) is 5.01. The molecular formula is C21H22N2. The van der Waals surface area contributed by atoms with Crippen molar-refractivity contribution in [3.63, 3.8) is 0 Å². The summed E-state index contributed by atoms with van der Waals surface area (Å²) in [6.45, 7) is 0. The van der Waals surface area contributed by atoms with E-state index in [1.807, 2.05) is 12.3 Å². The molecule has 1 N–H and O–H groups in total. The van der Waals surface area contributed by atoms with Crippen LogP contribution in [-0.2, 0) is 0 Å². The van der Waals surface area contributed by atoms with Gasteiger partial charge in [-0.2, -0.15) is 0 Å². The third kappa shape index (κ3) is 3.07. The summed E-state index contributed by atoms with van der Waals surface area (Å²) in [5.74, 6) is 0.725. The lowest BCUT2D eigenvalue weighted by Gasteiger charge is -2.30. The van der Waals surface area contributed by atoms with Crippen molar-refractivity contribution in [2.45, 2.75) is 37.6 Å². The van der Waals surface area contributed by atoms with Crippen LogP contribution < -0.4 is 5.32 Å². The van der Waals surface area contributed by atoms with E-state index in [9.17, 15) is 0 Å². The lowest BCUT2D eigenvalue weighted by molar-refractivity contribution is 0.412. The van der Waals surface area contributed by atoms with Crippen LogP contribution in [-0.4, -0.2) is 11.0 Å². The number of benzene rings is 2. The highest BCUT2D eigenvalue weighted by Crippen LogP contribution is 2.34. The van der Waals surface area contributed by atoms with Crippen LogP contribution in [0.1, 0.15) is 37.2 Å². The second-order valence-electron chi connectivity index (χ2n) is 6.48. The zero-order valence-corrected chi connectivity index (χ0v) is 13.3. The molecule has 0 amide bonds. The maximum Gasteiger partial charge on any atom is 0.0722 e. The first-order valence-electron chi connectivity index (χ1n) is 8.55. The van der Waals surface area contributed by atoms with Gasteiger partial charge in [0, 0.05) is 23.3 Å². The first-order chi connectivity index (χ1) is 11.4. The van der Waals surface area contributed by atoms with Crippen LogP contribution in [0, 0.1) is 0 Å². The molecule has 2 nitrogen and oxygen atoms in total. The molecule has 0 spiro atoms. The van der Waals surface area contributed by atoms with Crippen molar-refractivity contribution in [1.29, 1.82) is 0 Å². The van der Waals surface area contributed by atoms with Gasteiger partial charge in [0.05, 0.1) is 5.52 Å². The average Bonchev–Trinajstić information content (AvgIpc) is 2.63. The minimum absolute atomic E-state index is 0.570. The average molecular weight is 302 g/mol. The van der Waals surface area contributed by atoms with Gasteiger partial charge in [-0.3, -0.25) is 4.98 Å². The van der Waals surface area contributed by atoms with Crippen LogP contribution >= 0.6 is 0 Å². The molecule has 0 atom stereocenters. The Labute approximate surface area is 137 Å². The molecule has 1 aromatic heterocycles. The summed E-state index contributed by atoms with van der Waals surface area (Å²) < 4.78 is 0. The minimum atomic E-state index is 0.570. The predicted molar refractivity (Wildman–Crippen MR) is 96.8 cm³/mol. The van der Waals surface area contributed by atoms with Gasteiger partial charge in [-0.25, -0.2) is 0 Å². The number of hydrogen-bond donors (Lipinski definition) is 1. The van der Waals surface area contributed by atoms with E-state index < -0.39 is 0 Å². The minimum Gasteiger partial charge on any atom is -0.382 e. The number of pyridine rings is 1. The van der Waals surface area contributed by atoms with Gasteiger partial charge in [0.15, 0.2) is 0 Å². The van der Waals surface area contributed by atoms with E-state index in [0.717, 1.165) is 11.4 Å². The van der Waals surface area contributed by atoms with Crippen molar-refractivity contribution in [3.8, 4) is 0 Å². The molecule has 0 unspecified atom stereocenters. The molecule has 1 saturated carbocycles. The summed E-state index contributed by atoms with van der Waals surface area (Å²) in [6.07, 6.45) is 6.90. The highest BCUT2D eigenvalue weighted by molar-refractivity contribution is 5.90. The fraction of sp³-hybridized carbons (Fsp3) is 0.286. The number of rotatable bonds is 3. The van der Waals surface area contributed by atoms with Gasteiger partial charge in [0.2, 0.25) is 0 Å². The van der Waals surface area contributed by atoms with E-state index in [1.54, 1.807) is 0 Å². The SMILES string of the molecule is c1ccc(C2CCC(Nc3ccnc4ccccc34)CC2)cc1. The fourth-order valence-electron chi connectivity index (χ4n) is 3.74. The highest BCUT2D eigenvalue weighted by Gasteiger charge is 2.22. The lowest BCUT2D eigenvalue weighted by atomic mass is 9.81. The van der Waals surface area contributed by atoms with Crippen molar-refractivity contribution in [3.05, 3.63) is 72.4 Å². The number of hydrogen-bond acceptors (Lipinski definition) is 2. The maximum atomic E-state index is 4.45. The van der Waals surface area contributed by atoms with Gasteiger partial charge in [0.1, 0.15) is 0 Å². The Hall–Kier alpha value is -2.35. The number of nitrogens with zero attached hydrogens (tertiary/aromatic N) is 1. The van der Waals surface area contributed by atoms with Crippen LogP contribution in [0.25, 0.3) is 10.9 Å².